The number of hydrogen-bond donors (Lipinski definition) is 1. The fraction of sp³-hybridized carbons (Fsp3) is 0.625. The zero-order chi connectivity index (χ0) is 17.0. The van der Waals surface area contributed by atoms with Crippen molar-refractivity contribution in [2.24, 2.45) is 0 Å². The Morgan fingerprint density at radius 3 is 2.67 bits per heavy atom. The average molecular weight is 370 g/mol. The SMILES string of the molecule is O=c1c2ccsc2ncn1CCS(=O)(=O)NC1CCCCCCC1. The summed E-state index contributed by atoms with van der Waals surface area (Å²) in [5, 5.41) is 2.36. The molecule has 2 aromatic rings. The molecule has 1 aliphatic carbocycles. The number of aromatic nitrogens is 2. The van der Waals surface area contributed by atoms with Crippen LogP contribution in [0.2, 0.25) is 0 Å². The van der Waals surface area contributed by atoms with Crippen LogP contribution in [0.4, 0.5) is 0 Å². The number of hydrogen-bond acceptors (Lipinski definition) is 5. The van der Waals surface area contributed by atoms with Gasteiger partial charge in [0.15, 0.2) is 0 Å². The predicted octanol–water partition coefficient (Wildman–Crippen LogP) is 2.49. The molecule has 6 nitrogen and oxygen atoms in total. The van der Waals surface area contributed by atoms with Crippen molar-refractivity contribution >= 4 is 31.6 Å². The van der Waals surface area contributed by atoms with Crippen LogP contribution in [0.1, 0.15) is 44.9 Å². The van der Waals surface area contributed by atoms with E-state index in [-0.39, 0.29) is 23.9 Å². The van der Waals surface area contributed by atoms with Gasteiger partial charge < -0.3 is 0 Å². The van der Waals surface area contributed by atoms with Gasteiger partial charge in [0.2, 0.25) is 10.0 Å². The molecule has 0 atom stereocenters. The molecule has 0 radical (unpaired) electrons. The smallest absolute Gasteiger partial charge is 0.262 e. The van der Waals surface area contributed by atoms with Gasteiger partial charge in [-0.3, -0.25) is 9.36 Å². The molecule has 1 saturated carbocycles. The van der Waals surface area contributed by atoms with Crippen molar-refractivity contribution in [2.45, 2.75) is 57.5 Å². The molecule has 0 amide bonds. The topological polar surface area (TPSA) is 81.1 Å². The second-order valence-electron chi connectivity index (χ2n) is 6.36. The Kier molecular flexibility index (Phi) is 5.68. The molecule has 8 heteroatoms. The normalized spacial score (nSPS) is 17.7. The first-order valence-electron chi connectivity index (χ1n) is 8.48. The van der Waals surface area contributed by atoms with E-state index in [1.54, 1.807) is 6.07 Å². The van der Waals surface area contributed by atoms with Gasteiger partial charge in [0.1, 0.15) is 4.83 Å². The fourth-order valence-corrected chi connectivity index (χ4v) is 5.18. The lowest BCUT2D eigenvalue weighted by molar-refractivity contribution is 0.426. The van der Waals surface area contributed by atoms with Crippen LogP contribution in [0, 0.1) is 0 Å². The summed E-state index contributed by atoms with van der Waals surface area (Å²) in [4.78, 5) is 17.2. The molecule has 2 heterocycles. The van der Waals surface area contributed by atoms with E-state index < -0.39 is 10.0 Å². The maximum atomic E-state index is 12.4. The van der Waals surface area contributed by atoms with Gasteiger partial charge in [-0.2, -0.15) is 0 Å². The maximum Gasteiger partial charge on any atom is 0.262 e. The van der Waals surface area contributed by atoms with Gasteiger partial charge in [-0.15, -0.1) is 11.3 Å². The molecule has 2 aromatic heterocycles. The molecule has 0 bridgehead atoms. The van der Waals surface area contributed by atoms with E-state index in [0.717, 1.165) is 25.7 Å². The number of rotatable bonds is 5. The molecule has 0 aliphatic heterocycles. The van der Waals surface area contributed by atoms with E-state index in [4.69, 9.17) is 0 Å². The highest BCUT2D eigenvalue weighted by Gasteiger charge is 2.19. The van der Waals surface area contributed by atoms with Gasteiger partial charge in [-0.25, -0.2) is 18.1 Å². The molecule has 0 aromatic carbocycles. The van der Waals surface area contributed by atoms with E-state index in [1.807, 2.05) is 5.38 Å². The standard InChI is InChI=1S/C16H23N3O3S2/c20-16-14-8-10-23-15(14)17-12-19(16)9-11-24(21,22)18-13-6-4-2-1-3-5-7-13/h8,10,12-13,18H,1-7,9,11H2. The molecule has 24 heavy (non-hydrogen) atoms. The van der Waals surface area contributed by atoms with Crippen LogP contribution in [0.15, 0.2) is 22.6 Å². The third-order valence-corrected chi connectivity index (χ3v) is 6.74. The van der Waals surface area contributed by atoms with Gasteiger partial charge in [-0.1, -0.05) is 32.1 Å². The summed E-state index contributed by atoms with van der Waals surface area (Å²) < 4.78 is 28.9. The number of nitrogens with zero attached hydrogens (tertiary/aromatic N) is 2. The van der Waals surface area contributed by atoms with Crippen molar-refractivity contribution in [2.75, 3.05) is 5.75 Å². The molecule has 0 saturated heterocycles. The van der Waals surface area contributed by atoms with Crippen LogP contribution < -0.4 is 10.3 Å². The Bertz CT molecular complexity index is 834. The van der Waals surface area contributed by atoms with Crippen LogP contribution in [-0.2, 0) is 16.6 Å². The summed E-state index contributed by atoms with van der Waals surface area (Å²) in [5.41, 5.74) is -0.178. The Labute approximate surface area is 146 Å². The number of fused-ring (bicyclic) bond motifs is 1. The summed E-state index contributed by atoms with van der Waals surface area (Å²) in [7, 11) is -3.40. The highest BCUT2D eigenvalue weighted by Crippen LogP contribution is 2.18. The summed E-state index contributed by atoms with van der Waals surface area (Å²) in [6, 6.07) is 1.76. The van der Waals surface area contributed by atoms with Crippen LogP contribution >= 0.6 is 11.3 Å². The largest absolute Gasteiger partial charge is 0.298 e. The molecule has 0 unspecified atom stereocenters. The minimum atomic E-state index is -3.40. The Morgan fingerprint density at radius 1 is 1.21 bits per heavy atom. The molecule has 1 aliphatic rings. The van der Waals surface area contributed by atoms with Gasteiger partial charge in [0.25, 0.3) is 5.56 Å². The van der Waals surface area contributed by atoms with Crippen LogP contribution in [0.25, 0.3) is 10.2 Å². The van der Waals surface area contributed by atoms with E-state index in [1.165, 1.54) is 41.5 Å². The van der Waals surface area contributed by atoms with Gasteiger partial charge in [0, 0.05) is 12.6 Å². The van der Waals surface area contributed by atoms with E-state index in [2.05, 4.69) is 9.71 Å². The quantitative estimate of drug-likeness (QED) is 0.878. The maximum absolute atomic E-state index is 12.4. The first kappa shape index (κ1) is 17.6. The number of aryl methyl sites for hydroxylation is 1. The molecular formula is C16H23N3O3S2. The Hall–Kier alpha value is -1.25. The van der Waals surface area contributed by atoms with Crippen LogP contribution in [-0.4, -0.2) is 29.8 Å². The van der Waals surface area contributed by atoms with Crippen molar-refractivity contribution < 1.29 is 8.42 Å². The van der Waals surface area contributed by atoms with Crippen molar-refractivity contribution in [1.29, 1.82) is 0 Å². The number of nitrogens with one attached hydrogen (secondary N) is 1. The van der Waals surface area contributed by atoms with E-state index in [0.29, 0.717) is 10.2 Å². The minimum Gasteiger partial charge on any atom is -0.298 e. The molecule has 3 rings (SSSR count). The number of thiophene rings is 1. The van der Waals surface area contributed by atoms with Crippen molar-refractivity contribution in [3.8, 4) is 0 Å². The first-order chi connectivity index (χ1) is 11.6. The summed E-state index contributed by atoms with van der Waals surface area (Å²) in [6.45, 7) is 0.125. The van der Waals surface area contributed by atoms with Crippen LogP contribution in [0.5, 0.6) is 0 Å². The second kappa shape index (κ2) is 7.76. The lowest BCUT2D eigenvalue weighted by Gasteiger charge is -2.21. The van der Waals surface area contributed by atoms with Gasteiger partial charge >= 0.3 is 0 Å². The molecular weight excluding hydrogens is 346 g/mol. The van der Waals surface area contributed by atoms with E-state index in [9.17, 15) is 13.2 Å². The zero-order valence-corrected chi connectivity index (χ0v) is 15.2. The summed E-state index contributed by atoms with van der Waals surface area (Å²) in [6.07, 6.45) is 9.01. The number of sulfonamides is 1. The monoisotopic (exact) mass is 369 g/mol. The fourth-order valence-electron chi connectivity index (χ4n) is 3.16. The van der Waals surface area contributed by atoms with E-state index >= 15 is 0 Å². The predicted molar refractivity (Wildman–Crippen MR) is 96.9 cm³/mol. The van der Waals surface area contributed by atoms with Crippen molar-refractivity contribution in [3.63, 3.8) is 0 Å². The Balaban J connectivity index is 1.63. The third-order valence-electron chi connectivity index (χ3n) is 4.50. The van der Waals surface area contributed by atoms with Crippen LogP contribution in [0.3, 0.4) is 0 Å². The molecule has 132 valence electrons. The average Bonchev–Trinajstić information content (AvgIpc) is 2.99. The molecule has 1 fully saturated rings. The highest BCUT2D eigenvalue weighted by molar-refractivity contribution is 7.89. The highest BCUT2D eigenvalue weighted by atomic mass is 32.2. The summed E-state index contributed by atoms with van der Waals surface area (Å²) in [5.74, 6) is -0.0965. The first-order valence-corrected chi connectivity index (χ1v) is 11.0. The van der Waals surface area contributed by atoms with Gasteiger partial charge in [-0.05, 0) is 24.3 Å². The van der Waals surface area contributed by atoms with Gasteiger partial charge in [0.05, 0.1) is 17.5 Å². The summed E-state index contributed by atoms with van der Waals surface area (Å²) >= 11 is 1.41. The minimum absolute atomic E-state index is 0.0319. The third kappa shape index (κ3) is 4.43. The Morgan fingerprint density at radius 2 is 1.92 bits per heavy atom. The molecule has 0 spiro atoms. The lowest BCUT2D eigenvalue weighted by Crippen LogP contribution is -2.38. The lowest BCUT2D eigenvalue weighted by atomic mass is 9.97. The van der Waals surface area contributed by atoms with Crippen molar-refractivity contribution in [1.82, 2.24) is 14.3 Å². The molecule has 1 N–H and O–H groups in total. The van der Waals surface area contributed by atoms with Crippen molar-refractivity contribution in [3.05, 3.63) is 28.1 Å². The second-order valence-corrected chi connectivity index (χ2v) is 9.13. The zero-order valence-electron chi connectivity index (χ0n) is 13.6.